The highest BCUT2D eigenvalue weighted by Gasteiger charge is 2.10. The van der Waals surface area contributed by atoms with Crippen molar-refractivity contribution in [3.8, 4) is 0 Å². The van der Waals surface area contributed by atoms with Crippen LogP contribution in [0.5, 0.6) is 0 Å². The first kappa shape index (κ1) is 15.3. The minimum atomic E-state index is -0.673. The van der Waals surface area contributed by atoms with Gasteiger partial charge in [-0.25, -0.2) is 9.78 Å². The van der Waals surface area contributed by atoms with E-state index >= 15 is 0 Å². The molecule has 0 aliphatic carbocycles. The standard InChI is InChI=1S/C15H16N4O3/c16-12-6-11(7-18-14(12)17)13(20)8-19-15(21)22-9-10-4-2-1-3-5-10/h1-7H,8-9,16H2,(H2,17,18)(H,19,21). The lowest BCUT2D eigenvalue weighted by Gasteiger charge is -2.07. The fraction of sp³-hybridized carbons (Fsp3) is 0.133. The van der Waals surface area contributed by atoms with E-state index in [1.54, 1.807) is 0 Å². The van der Waals surface area contributed by atoms with Crippen molar-refractivity contribution in [2.75, 3.05) is 18.0 Å². The maximum absolute atomic E-state index is 11.9. The Labute approximate surface area is 127 Å². The molecule has 1 amide bonds. The molecule has 2 rings (SSSR count). The fourth-order valence-electron chi connectivity index (χ4n) is 1.67. The summed E-state index contributed by atoms with van der Waals surface area (Å²) in [4.78, 5) is 27.2. The van der Waals surface area contributed by atoms with Crippen LogP contribution in [0.3, 0.4) is 0 Å². The van der Waals surface area contributed by atoms with Gasteiger partial charge in [0.1, 0.15) is 12.4 Å². The van der Waals surface area contributed by atoms with Crippen molar-refractivity contribution in [2.45, 2.75) is 6.61 Å². The summed E-state index contributed by atoms with van der Waals surface area (Å²) in [5.74, 6) is -0.178. The second kappa shape index (κ2) is 7.07. The van der Waals surface area contributed by atoms with Crippen molar-refractivity contribution in [1.29, 1.82) is 0 Å². The van der Waals surface area contributed by atoms with Gasteiger partial charge in [-0.1, -0.05) is 30.3 Å². The second-order valence-corrected chi connectivity index (χ2v) is 4.54. The lowest BCUT2D eigenvalue weighted by atomic mass is 10.2. The number of nitrogen functional groups attached to an aromatic ring is 2. The molecule has 0 radical (unpaired) electrons. The topological polar surface area (TPSA) is 120 Å². The summed E-state index contributed by atoms with van der Waals surface area (Å²) in [7, 11) is 0. The van der Waals surface area contributed by atoms with Crippen molar-refractivity contribution in [3.05, 3.63) is 53.7 Å². The number of anilines is 2. The Balaban J connectivity index is 1.80. The van der Waals surface area contributed by atoms with Gasteiger partial charge in [-0.15, -0.1) is 0 Å². The Morgan fingerprint density at radius 2 is 1.91 bits per heavy atom. The molecule has 0 spiro atoms. The summed E-state index contributed by atoms with van der Waals surface area (Å²) < 4.78 is 4.99. The Hall–Kier alpha value is -3.09. The van der Waals surface area contributed by atoms with E-state index in [1.807, 2.05) is 30.3 Å². The van der Waals surface area contributed by atoms with E-state index in [-0.39, 0.29) is 36.0 Å². The van der Waals surface area contributed by atoms with E-state index in [0.717, 1.165) is 5.56 Å². The molecule has 0 aliphatic rings. The van der Waals surface area contributed by atoms with Gasteiger partial charge < -0.3 is 21.5 Å². The molecule has 114 valence electrons. The van der Waals surface area contributed by atoms with Crippen LogP contribution in [0.2, 0.25) is 0 Å². The number of nitrogens with two attached hydrogens (primary N) is 2. The number of alkyl carbamates (subject to hydrolysis) is 1. The maximum atomic E-state index is 11.9. The highest BCUT2D eigenvalue weighted by Crippen LogP contribution is 2.12. The van der Waals surface area contributed by atoms with E-state index in [9.17, 15) is 9.59 Å². The largest absolute Gasteiger partial charge is 0.445 e. The van der Waals surface area contributed by atoms with Crippen LogP contribution in [0, 0.1) is 0 Å². The number of hydrogen-bond donors (Lipinski definition) is 3. The summed E-state index contributed by atoms with van der Waals surface area (Å²) in [6, 6.07) is 10.6. The van der Waals surface area contributed by atoms with Gasteiger partial charge in [0.25, 0.3) is 0 Å². The molecular formula is C15H16N4O3. The number of carbonyl (C=O) groups is 2. The van der Waals surface area contributed by atoms with E-state index < -0.39 is 6.09 Å². The van der Waals surface area contributed by atoms with Gasteiger partial charge in [-0.05, 0) is 11.6 Å². The van der Waals surface area contributed by atoms with Crippen LogP contribution in [0.1, 0.15) is 15.9 Å². The average molecular weight is 300 g/mol. The highest BCUT2D eigenvalue weighted by molar-refractivity contribution is 5.99. The SMILES string of the molecule is Nc1cc(C(=O)CNC(=O)OCc2ccccc2)cnc1N. The first-order chi connectivity index (χ1) is 10.6. The van der Waals surface area contributed by atoms with Gasteiger partial charge in [0.15, 0.2) is 5.78 Å². The normalized spacial score (nSPS) is 10.0. The summed E-state index contributed by atoms with van der Waals surface area (Å²) in [6.07, 6.45) is 0.638. The lowest BCUT2D eigenvalue weighted by molar-refractivity contribution is 0.0974. The molecule has 0 aliphatic heterocycles. The number of benzene rings is 1. The van der Waals surface area contributed by atoms with Crippen LogP contribution < -0.4 is 16.8 Å². The van der Waals surface area contributed by atoms with Crippen LogP contribution in [0.15, 0.2) is 42.6 Å². The zero-order valence-corrected chi connectivity index (χ0v) is 11.8. The van der Waals surface area contributed by atoms with Crippen LogP contribution in [-0.4, -0.2) is 23.4 Å². The van der Waals surface area contributed by atoms with E-state index in [0.29, 0.717) is 0 Å². The first-order valence-corrected chi connectivity index (χ1v) is 6.55. The molecular weight excluding hydrogens is 284 g/mol. The Morgan fingerprint density at radius 1 is 1.18 bits per heavy atom. The summed E-state index contributed by atoms with van der Waals surface area (Å²) in [6.45, 7) is -0.0735. The molecule has 0 saturated heterocycles. The molecule has 22 heavy (non-hydrogen) atoms. The average Bonchev–Trinajstić information content (AvgIpc) is 2.54. The number of nitrogens with zero attached hydrogens (tertiary/aromatic N) is 1. The third-order valence-corrected chi connectivity index (χ3v) is 2.88. The maximum Gasteiger partial charge on any atom is 0.407 e. The molecule has 0 fully saturated rings. The van der Waals surface area contributed by atoms with Gasteiger partial charge >= 0.3 is 6.09 Å². The zero-order valence-electron chi connectivity index (χ0n) is 11.8. The molecule has 1 aromatic carbocycles. The minimum absolute atomic E-state index is 0.136. The van der Waals surface area contributed by atoms with Crippen molar-refractivity contribution in [2.24, 2.45) is 0 Å². The molecule has 2 aromatic rings. The molecule has 5 N–H and O–H groups in total. The van der Waals surface area contributed by atoms with Crippen LogP contribution >= 0.6 is 0 Å². The van der Waals surface area contributed by atoms with Gasteiger partial charge in [-0.3, -0.25) is 4.79 Å². The molecule has 0 bridgehead atoms. The Kier molecular flexibility index (Phi) is 4.92. The quantitative estimate of drug-likeness (QED) is 0.717. The number of amides is 1. The van der Waals surface area contributed by atoms with Gasteiger partial charge in [0, 0.05) is 11.8 Å². The molecule has 7 nitrogen and oxygen atoms in total. The third kappa shape index (κ3) is 4.20. The van der Waals surface area contributed by atoms with Crippen LogP contribution in [-0.2, 0) is 11.3 Å². The lowest BCUT2D eigenvalue weighted by Crippen LogP contribution is -2.30. The van der Waals surface area contributed by atoms with Gasteiger partial charge in [0.05, 0.1) is 12.2 Å². The number of ether oxygens (including phenoxy) is 1. The molecule has 1 aromatic heterocycles. The predicted octanol–water partition coefficient (Wildman–Crippen LogP) is 1.36. The van der Waals surface area contributed by atoms with Gasteiger partial charge in [-0.2, -0.15) is 0 Å². The van der Waals surface area contributed by atoms with Crippen LogP contribution in [0.4, 0.5) is 16.3 Å². The highest BCUT2D eigenvalue weighted by atomic mass is 16.5. The van der Waals surface area contributed by atoms with Crippen molar-refractivity contribution < 1.29 is 14.3 Å². The molecule has 0 saturated carbocycles. The van der Waals surface area contributed by atoms with Crippen molar-refractivity contribution in [3.63, 3.8) is 0 Å². The molecule has 1 heterocycles. The number of pyridine rings is 1. The first-order valence-electron chi connectivity index (χ1n) is 6.55. The van der Waals surface area contributed by atoms with E-state index in [4.69, 9.17) is 16.2 Å². The summed E-state index contributed by atoms with van der Waals surface area (Å²) in [5.41, 5.74) is 12.4. The van der Waals surface area contributed by atoms with Crippen LogP contribution in [0.25, 0.3) is 0 Å². The Bertz CT molecular complexity index is 674. The number of ketones is 1. The number of carbonyl (C=O) groups excluding carboxylic acids is 2. The number of Topliss-reactive ketones (excluding diaryl/α,β-unsaturated/α-hetero) is 1. The van der Waals surface area contributed by atoms with E-state index in [2.05, 4.69) is 10.3 Å². The fourth-order valence-corrected chi connectivity index (χ4v) is 1.67. The summed E-state index contributed by atoms with van der Waals surface area (Å²) in [5, 5.41) is 2.37. The molecule has 0 unspecified atom stereocenters. The zero-order chi connectivity index (χ0) is 15.9. The Morgan fingerprint density at radius 3 is 2.59 bits per heavy atom. The number of hydrogen-bond acceptors (Lipinski definition) is 6. The summed E-state index contributed by atoms with van der Waals surface area (Å²) >= 11 is 0. The monoisotopic (exact) mass is 300 g/mol. The number of nitrogens with one attached hydrogen (secondary N) is 1. The minimum Gasteiger partial charge on any atom is -0.445 e. The molecule has 0 atom stereocenters. The second-order valence-electron chi connectivity index (χ2n) is 4.54. The number of aromatic nitrogens is 1. The smallest absolute Gasteiger partial charge is 0.407 e. The predicted molar refractivity (Wildman–Crippen MR) is 82.0 cm³/mol. The van der Waals surface area contributed by atoms with E-state index in [1.165, 1.54) is 12.3 Å². The third-order valence-electron chi connectivity index (χ3n) is 2.88. The molecule has 7 heteroatoms. The van der Waals surface area contributed by atoms with Gasteiger partial charge in [0.2, 0.25) is 0 Å². The number of rotatable bonds is 5. The van der Waals surface area contributed by atoms with Crippen molar-refractivity contribution >= 4 is 23.4 Å². The van der Waals surface area contributed by atoms with Crippen molar-refractivity contribution in [1.82, 2.24) is 10.3 Å².